The van der Waals surface area contributed by atoms with Crippen LogP contribution in [0.2, 0.25) is 0 Å². The Morgan fingerprint density at radius 2 is 1.30 bits per heavy atom. The molecule has 0 saturated heterocycles. The fraction of sp³-hybridized carbons (Fsp3) is 0.462. The van der Waals surface area contributed by atoms with E-state index in [9.17, 15) is 14.4 Å². The van der Waals surface area contributed by atoms with Crippen LogP contribution in [0, 0.1) is 0 Å². The van der Waals surface area contributed by atoms with Gasteiger partial charge in [-0.05, 0) is 0 Å². The van der Waals surface area contributed by atoms with Gasteiger partial charge in [0.2, 0.25) is 0 Å². The van der Waals surface area contributed by atoms with Gasteiger partial charge in [0, 0.05) is 37.7 Å². The summed E-state index contributed by atoms with van der Waals surface area (Å²) in [5, 5.41) is 8.47. The second-order valence-corrected chi connectivity index (χ2v) is 3.47. The van der Waals surface area contributed by atoms with Gasteiger partial charge in [0.05, 0.1) is 19.8 Å². The largest absolute Gasteiger partial charge is 0.462 e. The molecule has 7 heteroatoms. The van der Waals surface area contributed by atoms with Gasteiger partial charge in [-0.2, -0.15) is 0 Å². The van der Waals surface area contributed by atoms with Crippen LogP contribution in [0.3, 0.4) is 0 Å². The van der Waals surface area contributed by atoms with Crippen molar-refractivity contribution in [1.29, 1.82) is 0 Å². The highest BCUT2D eigenvalue weighted by atomic mass is 16.5. The van der Waals surface area contributed by atoms with Crippen LogP contribution >= 0.6 is 0 Å². The van der Waals surface area contributed by atoms with Crippen LogP contribution in [0.5, 0.6) is 0 Å². The first-order valence-corrected chi connectivity index (χ1v) is 6.01. The van der Waals surface area contributed by atoms with Crippen molar-refractivity contribution in [2.45, 2.75) is 12.8 Å². The predicted octanol–water partition coefficient (Wildman–Crippen LogP) is 0.131. The Bertz CT molecular complexity index is 360. The van der Waals surface area contributed by atoms with E-state index in [4.69, 9.17) is 9.84 Å². The molecule has 0 aliphatic rings. The van der Waals surface area contributed by atoms with Crippen LogP contribution < -0.4 is 0 Å². The van der Waals surface area contributed by atoms with Crippen molar-refractivity contribution in [3.05, 3.63) is 24.8 Å². The first-order valence-electron chi connectivity index (χ1n) is 6.01. The van der Waals surface area contributed by atoms with E-state index >= 15 is 0 Å². The number of ether oxygens (including phenoxy) is 3. The summed E-state index contributed by atoms with van der Waals surface area (Å²) >= 11 is 0. The Labute approximate surface area is 116 Å². The van der Waals surface area contributed by atoms with E-state index in [1.54, 1.807) is 0 Å². The molecule has 0 aliphatic heterocycles. The summed E-state index contributed by atoms with van der Waals surface area (Å²) in [5.74, 6) is -1.92. The zero-order chi connectivity index (χ0) is 15.2. The standard InChI is InChI=1S/C13H18O7/c1-2-11(15)18-9-4-10-20-13(17)6-5-12(16)19-8-3-7-14/h2,5-6,14H,1,3-4,7-10H2/b6-5-. The molecule has 0 atom stereocenters. The second kappa shape index (κ2) is 11.9. The van der Waals surface area contributed by atoms with Crippen molar-refractivity contribution >= 4 is 17.9 Å². The van der Waals surface area contributed by atoms with Gasteiger partial charge in [-0.15, -0.1) is 0 Å². The van der Waals surface area contributed by atoms with Crippen molar-refractivity contribution in [3.63, 3.8) is 0 Å². The zero-order valence-corrected chi connectivity index (χ0v) is 11.1. The SMILES string of the molecule is C=CC(=O)OCCCOC(=O)/C=C\C(=O)OCCCO. The minimum atomic E-state index is -0.695. The molecule has 0 bridgehead atoms. The molecule has 0 spiro atoms. The van der Waals surface area contributed by atoms with E-state index in [0.717, 1.165) is 18.2 Å². The van der Waals surface area contributed by atoms with Crippen molar-refractivity contribution < 1.29 is 33.7 Å². The van der Waals surface area contributed by atoms with E-state index in [1.807, 2.05) is 0 Å². The summed E-state index contributed by atoms with van der Waals surface area (Å²) < 4.78 is 14.1. The maximum atomic E-state index is 11.1. The lowest BCUT2D eigenvalue weighted by Crippen LogP contribution is -2.09. The quantitative estimate of drug-likeness (QED) is 0.264. The number of hydrogen-bond acceptors (Lipinski definition) is 7. The van der Waals surface area contributed by atoms with Gasteiger partial charge < -0.3 is 19.3 Å². The Morgan fingerprint density at radius 1 is 0.850 bits per heavy atom. The van der Waals surface area contributed by atoms with Crippen LogP contribution in [0.15, 0.2) is 24.8 Å². The van der Waals surface area contributed by atoms with Crippen LogP contribution in [-0.2, 0) is 28.6 Å². The summed E-state index contributed by atoms with van der Waals surface area (Å²) in [6.07, 6.45) is 3.61. The molecule has 0 saturated carbocycles. The molecular formula is C13H18O7. The number of esters is 3. The summed E-state index contributed by atoms with van der Waals surface area (Å²) in [5.41, 5.74) is 0. The number of carbonyl (C=O) groups excluding carboxylic acids is 3. The molecule has 0 aromatic rings. The molecule has 0 rings (SSSR count). The third-order valence-electron chi connectivity index (χ3n) is 1.85. The van der Waals surface area contributed by atoms with Crippen LogP contribution in [0.1, 0.15) is 12.8 Å². The molecule has 0 radical (unpaired) electrons. The molecule has 20 heavy (non-hydrogen) atoms. The molecule has 0 unspecified atom stereocenters. The van der Waals surface area contributed by atoms with Crippen molar-refractivity contribution in [2.24, 2.45) is 0 Å². The molecule has 0 fully saturated rings. The fourth-order valence-corrected chi connectivity index (χ4v) is 0.933. The number of aliphatic hydroxyl groups is 1. The van der Waals surface area contributed by atoms with Crippen molar-refractivity contribution in [3.8, 4) is 0 Å². The van der Waals surface area contributed by atoms with Gasteiger partial charge in [0.1, 0.15) is 0 Å². The lowest BCUT2D eigenvalue weighted by Gasteiger charge is -2.02. The smallest absolute Gasteiger partial charge is 0.331 e. The fourth-order valence-electron chi connectivity index (χ4n) is 0.933. The number of carbonyl (C=O) groups is 3. The van der Waals surface area contributed by atoms with E-state index < -0.39 is 17.9 Å². The third-order valence-corrected chi connectivity index (χ3v) is 1.85. The molecule has 112 valence electrons. The highest BCUT2D eigenvalue weighted by molar-refractivity contribution is 5.91. The van der Waals surface area contributed by atoms with Gasteiger partial charge in [0.25, 0.3) is 0 Å². The lowest BCUT2D eigenvalue weighted by molar-refractivity contribution is -0.142. The molecule has 0 amide bonds. The van der Waals surface area contributed by atoms with Crippen molar-refractivity contribution in [1.82, 2.24) is 0 Å². The molecule has 1 N–H and O–H groups in total. The number of rotatable bonds is 10. The molecule has 0 aromatic heterocycles. The first kappa shape index (κ1) is 17.8. The van der Waals surface area contributed by atoms with Gasteiger partial charge in [-0.3, -0.25) is 0 Å². The Kier molecular flexibility index (Phi) is 10.6. The maximum Gasteiger partial charge on any atom is 0.331 e. The average Bonchev–Trinajstić information content (AvgIpc) is 2.44. The average molecular weight is 286 g/mol. The highest BCUT2D eigenvalue weighted by Gasteiger charge is 2.01. The van der Waals surface area contributed by atoms with Crippen LogP contribution in [-0.4, -0.2) is 49.4 Å². The van der Waals surface area contributed by atoms with E-state index in [0.29, 0.717) is 12.8 Å². The van der Waals surface area contributed by atoms with Crippen LogP contribution in [0.25, 0.3) is 0 Å². The summed E-state index contributed by atoms with van der Waals surface area (Å²) in [7, 11) is 0. The van der Waals surface area contributed by atoms with Gasteiger partial charge >= 0.3 is 17.9 Å². The normalized spacial score (nSPS) is 10.1. The second-order valence-electron chi connectivity index (χ2n) is 3.47. The van der Waals surface area contributed by atoms with Crippen molar-refractivity contribution in [2.75, 3.05) is 26.4 Å². The summed E-state index contributed by atoms with van der Waals surface area (Å²) in [4.78, 5) is 32.9. The predicted molar refractivity (Wildman–Crippen MR) is 68.5 cm³/mol. The molecule has 7 nitrogen and oxygen atoms in total. The molecule has 0 heterocycles. The Hall–Kier alpha value is -2.15. The summed E-state index contributed by atoms with van der Waals surface area (Å²) in [6.45, 7) is 3.42. The van der Waals surface area contributed by atoms with E-state index in [1.165, 1.54) is 0 Å². The number of aliphatic hydroxyl groups excluding tert-OH is 1. The van der Waals surface area contributed by atoms with E-state index in [-0.39, 0.29) is 26.4 Å². The number of hydrogen-bond donors (Lipinski definition) is 1. The zero-order valence-electron chi connectivity index (χ0n) is 11.1. The lowest BCUT2D eigenvalue weighted by atomic mass is 10.4. The van der Waals surface area contributed by atoms with E-state index in [2.05, 4.69) is 16.1 Å². The van der Waals surface area contributed by atoms with Gasteiger partial charge in [-0.25, -0.2) is 14.4 Å². The highest BCUT2D eigenvalue weighted by Crippen LogP contribution is 1.91. The monoisotopic (exact) mass is 286 g/mol. The van der Waals surface area contributed by atoms with Crippen LogP contribution in [0.4, 0.5) is 0 Å². The molecule has 0 aliphatic carbocycles. The summed E-state index contributed by atoms with van der Waals surface area (Å²) in [6, 6.07) is 0. The minimum absolute atomic E-state index is 0.0627. The first-order chi connectivity index (χ1) is 9.60. The maximum absolute atomic E-state index is 11.1. The Balaban J connectivity index is 3.64. The Morgan fingerprint density at radius 3 is 1.75 bits per heavy atom. The topological polar surface area (TPSA) is 99.1 Å². The van der Waals surface area contributed by atoms with Gasteiger partial charge in [-0.1, -0.05) is 6.58 Å². The van der Waals surface area contributed by atoms with Gasteiger partial charge in [0.15, 0.2) is 0 Å². The molecule has 0 aromatic carbocycles. The third kappa shape index (κ3) is 11.0. The molecular weight excluding hydrogens is 268 g/mol. The minimum Gasteiger partial charge on any atom is -0.462 e.